The van der Waals surface area contributed by atoms with Gasteiger partial charge in [0.25, 0.3) is 0 Å². The maximum atomic E-state index is 13.1. The Kier molecular flexibility index (Phi) is 1.48. The third-order valence-corrected chi connectivity index (χ3v) is 1.61. The number of nitrogens with zero attached hydrogens (tertiary/aromatic N) is 3. The highest BCUT2D eigenvalue weighted by molar-refractivity contribution is 5.88. The molecule has 0 spiro atoms. The van der Waals surface area contributed by atoms with Gasteiger partial charge in [-0.05, 0) is 0 Å². The van der Waals surface area contributed by atoms with Gasteiger partial charge in [0.15, 0.2) is 5.82 Å². The maximum absolute atomic E-state index is 13.1. The molecule has 0 aliphatic rings. The highest BCUT2D eigenvalue weighted by atomic mass is 19.1. The van der Waals surface area contributed by atoms with E-state index in [1.165, 1.54) is 6.20 Å². The van der Waals surface area contributed by atoms with Crippen LogP contribution in [0.15, 0.2) is 12.4 Å². The molecule has 0 unspecified atom stereocenters. The molecule has 2 aromatic heterocycles. The summed E-state index contributed by atoms with van der Waals surface area (Å²) in [4.78, 5) is 11.0. The lowest BCUT2D eigenvalue weighted by Crippen LogP contribution is -2.02. The zero-order chi connectivity index (χ0) is 9.42. The molecule has 0 atom stereocenters. The number of fused-ring (bicyclic) bond motifs is 1. The molecule has 6 heteroatoms. The number of nitrogen functional groups attached to an aromatic ring is 2. The molecule has 0 aliphatic carbocycles. The minimum absolute atomic E-state index is 0.0115. The molecule has 5 nitrogen and oxygen atoms in total. The second kappa shape index (κ2) is 2.51. The van der Waals surface area contributed by atoms with Crippen LogP contribution in [0.1, 0.15) is 0 Å². The summed E-state index contributed by atoms with van der Waals surface area (Å²) in [6.45, 7) is 0. The first-order valence-corrected chi connectivity index (χ1v) is 3.50. The molecule has 0 aromatic carbocycles. The summed E-state index contributed by atoms with van der Waals surface area (Å²) in [6, 6.07) is 0. The summed E-state index contributed by atoms with van der Waals surface area (Å²) in [5.74, 6) is -0.505. The smallest absolute Gasteiger partial charge is 0.222 e. The average Bonchev–Trinajstić information content (AvgIpc) is 2.02. The summed E-state index contributed by atoms with van der Waals surface area (Å²) >= 11 is 0. The molecule has 66 valence electrons. The van der Waals surface area contributed by atoms with Gasteiger partial charge in [-0.2, -0.15) is 4.98 Å². The molecule has 0 radical (unpaired) electrons. The first-order valence-electron chi connectivity index (χ1n) is 3.50. The molecule has 0 amide bonds. The van der Waals surface area contributed by atoms with E-state index in [1.54, 1.807) is 0 Å². The zero-order valence-corrected chi connectivity index (χ0v) is 6.53. The normalized spacial score (nSPS) is 10.5. The highest BCUT2D eigenvalue weighted by Crippen LogP contribution is 2.19. The number of nitrogens with two attached hydrogens (primary N) is 2. The molecule has 0 fully saturated rings. The van der Waals surface area contributed by atoms with Crippen molar-refractivity contribution in [1.29, 1.82) is 0 Å². The van der Waals surface area contributed by atoms with E-state index < -0.39 is 5.82 Å². The van der Waals surface area contributed by atoms with Crippen LogP contribution in [0.4, 0.5) is 16.2 Å². The molecular weight excluding hydrogens is 173 g/mol. The molecule has 4 N–H and O–H groups in total. The first-order chi connectivity index (χ1) is 6.18. The summed E-state index contributed by atoms with van der Waals surface area (Å²) in [5.41, 5.74) is 11.1. The second-order valence-corrected chi connectivity index (χ2v) is 2.48. The van der Waals surface area contributed by atoms with Crippen LogP contribution in [-0.4, -0.2) is 15.0 Å². The van der Waals surface area contributed by atoms with Crippen LogP contribution >= 0.6 is 0 Å². The zero-order valence-electron chi connectivity index (χ0n) is 6.53. The van der Waals surface area contributed by atoms with E-state index in [9.17, 15) is 4.39 Å². The fraction of sp³-hybridized carbons (Fsp3) is 0. The van der Waals surface area contributed by atoms with Gasteiger partial charge < -0.3 is 11.5 Å². The molecule has 2 aromatic rings. The Balaban J connectivity index is 2.94. The van der Waals surface area contributed by atoms with Gasteiger partial charge in [-0.25, -0.2) is 9.37 Å². The number of aromatic nitrogens is 3. The number of anilines is 2. The predicted molar refractivity (Wildman–Crippen MR) is 46.1 cm³/mol. The number of halogens is 1. The highest BCUT2D eigenvalue weighted by Gasteiger charge is 2.07. The third-order valence-electron chi connectivity index (χ3n) is 1.61. The maximum Gasteiger partial charge on any atom is 0.222 e. The number of hydrogen-bond acceptors (Lipinski definition) is 5. The SMILES string of the molecule is Nc1nc(N)c2c(F)cncc2n1. The Hall–Kier alpha value is -1.98. The predicted octanol–water partition coefficient (Wildman–Crippen LogP) is 0.328. The fourth-order valence-corrected chi connectivity index (χ4v) is 1.09. The van der Waals surface area contributed by atoms with Gasteiger partial charge in [0.05, 0.1) is 23.3 Å². The van der Waals surface area contributed by atoms with Crippen molar-refractivity contribution in [1.82, 2.24) is 15.0 Å². The van der Waals surface area contributed by atoms with Gasteiger partial charge in [0.1, 0.15) is 5.82 Å². The van der Waals surface area contributed by atoms with E-state index in [1.807, 2.05) is 0 Å². The topological polar surface area (TPSA) is 90.7 Å². The minimum Gasteiger partial charge on any atom is -0.383 e. The molecule has 0 saturated carbocycles. The lowest BCUT2D eigenvalue weighted by Gasteiger charge is -2.01. The van der Waals surface area contributed by atoms with Crippen molar-refractivity contribution in [3.05, 3.63) is 18.2 Å². The van der Waals surface area contributed by atoms with Crippen LogP contribution in [0.5, 0.6) is 0 Å². The van der Waals surface area contributed by atoms with E-state index in [0.29, 0.717) is 5.52 Å². The van der Waals surface area contributed by atoms with Crippen LogP contribution in [0, 0.1) is 5.82 Å². The monoisotopic (exact) mass is 179 g/mol. The Morgan fingerprint density at radius 1 is 1.15 bits per heavy atom. The van der Waals surface area contributed by atoms with Gasteiger partial charge >= 0.3 is 0 Å². The van der Waals surface area contributed by atoms with Crippen molar-refractivity contribution >= 4 is 22.7 Å². The van der Waals surface area contributed by atoms with E-state index in [2.05, 4.69) is 15.0 Å². The molecule has 13 heavy (non-hydrogen) atoms. The van der Waals surface area contributed by atoms with Crippen LogP contribution in [0.2, 0.25) is 0 Å². The van der Waals surface area contributed by atoms with Gasteiger partial charge in [0.2, 0.25) is 5.95 Å². The lowest BCUT2D eigenvalue weighted by atomic mass is 10.3. The quantitative estimate of drug-likeness (QED) is 0.608. The summed E-state index contributed by atoms with van der Waals surface area (Å²) in [5, 5.41) is 0.157. The number of rotatable bonds is 0. The lowest BCUT2D eigenvalue weighted by molar-refractivity contribution is 0.633. The molecule has 0 bridgehead atoms. The van der Waals surface area contributed by atoms with Crippen LogP contribution < -0.4 is 11.5 Å². The van der Waals surface area contributed by atoms with Crippen molar-refractivity contribution in [2.75, 3.05) is 11.5 Å². The van der Waals surface area contributed by atoms with E-state index in [-0.39, 0.29) is 17.2 Å². The average molecular weight is 179 g/mol. The number of hydrogen-bond donors (Lipinski definition) is 2. The van der Waals surface area contributed by atoms with Gasteiger partial charge in [-0.3, -0.25) is 4.98 Å². The summed E-state index contributed by atoms with van der Waals surface area (Å²) < 4.78 is 13.1. The Morgan fingerprint density at radius 3 is 2.69 bits per heavy atom. The Labute approximate surface area is 72.6 Å². The van der Waals surface area contributed by atoms with Crippen molar-refractivity contribution < 1.29 is 4.39 Å². The molecule has 0 saturated heterocycles. The third kappa shape index (κ3) is 1.12. The van der Waals surface area contributed by atoms with Crippen LogP contribution in [0.25, 0.3) is 10.9 Å². The number of pyridine rings is 1. The fourth-order valence-electron chi connectivity index (χ4n) is 1.09. The van der Waals surface area contributed by atoms with Crippen molar-refractivity contribution in [3.8, 4) is 0 Å². The molecular formula is C7H6FN5. The van der Waals surface area contributed by atoms with Crippen molar-refractivity contribution in [2.45, 2.75) is 0 Å². The second-order valence-electron chi connectivity index (χ2n) is 2.48. The van der Waals surface area contributed by atoms with E-state index in [0.717, 1.165) is 6.20 Å². The Morgan fingerprint density at radius 2 is 1.92 bits per heavy atom. The molecule has 2 rings (SSSR count). The van der Waals surface area contributed by atoms with E-state index >= 15 is 0 Å². The first kappa shape index (κ1) is 7.66. The van der Waals surface area contributed by atoms with Gasteiger partial charge in [-0.15, -0.1) is 0 Å². The van der Waals surface area contributed by atoms with E-state index in [4.69, 9.17) is 11.5 Å². The molecule has 2 heterocycles. The summed E-state index contributed by atoms with van der Waals surface area (Å²) in [7, 11) is 0. The summed E-state index contributed by atoms with van der Waals surface area (Å²) in [6.07, 6.45) is 2.44. The largest absolute Gasteiger partial charge is 0.383 e. The van der Waals surface area contributed by atoms with Crippen LogP contribution in [0.3, 0.4) is 0 Å². The van der Waals surface area contributed by atoms with Crippen molar-refractivity contribution in [2.24, 2.45) is 0 Å². The minimum atomic E-state index is -0.546. The molecule has 0 aliphatic heterocycles. The standard InChI is InChI=1S/C7H6FN5/c8-3-1-11-2-4-5(3)6(9)13-7(10)12-4/h1-2H,(H4,9,10,12,13). The van der Waals surface area contributed by atoms with Gasteiger partial charge in [0, 0.05) is 0 Å². The van der Waals surface area contributed by atoms with Crippen molar-refractivity contribution in [3.63, 3.8) is 0 Å². The van der Waals surface area contributed by atoms with Crippen LogP contribution in [-0.2, 0) is 0 Å². The van der Waals surface area contributed by atoms with Gasteiger partial charge in [-0.1, -0.05) is 0 Å². The Bertz CT molecular complexity index is 470.